The highest BCUT2D eigenvalue weighted by Gasteiger charge is 2.28. The van der Waals surface area contributed by atoms with Gasteiger partial charge in [-0.1, -0.05) is 12.5 Å². The second kappa shape index (κ2) is 6.82. The Kier molecular flexibility index (Phi) is 4.36. The molecule has 1 atom stereocenters. The predicted octanol–water partition coefficient (Wildman–Crippen LogP) is 2.59. The molecule has 0 radical (unpaired) electrons. The molecule has 1 saturated carbocycles. The Morgan fingerprint density at radius 1 is 1.31 bits per heavy atom. The number of halogens is 1. The van der Waals surface area contributed by atoms with Gasteiger partial charge in [0.15, 0.2) is 11.6 Å². The molecule has 26 heavy (non-hydrogen) atoms. The summed E-state index contributed by atoms with van der Waals surface area (Å²) in [6.07, 6.45) is 8.19. The van der Waals surface area contributed by atoms with Gasteiger partial charge in [-0.05, 0) is 31.7 Å². The molecule has 1 unspecified atom stereocenters. The summed E-state index contributed by atoms with van der Waals surface area (Å²) in [4.78, 5) is 8.46. The summed E-state index contributed by atoms with van der Waals surface area (Å²) in [6.45, 7) is 2.30. The third kappa shape index (κ3) is 3.16. The van der Waals surface area contributed by atoms with E-state index in [0.717, 1.165) is 24.8 Å². The van der Waals surface area contributed by atoms with Gasteiger partial charge in [-0.15, -0.1) is 0 Å². The Balaban J connectivity index is 1.73. The van der Waals surface area contributed by atoms with Gasteiger partial charge < -0.3 is 21.1 Å². The topological polar surface area (TPSA) is 84.0 Å². The Morgan fingerprint density at radius 3 is 2.81 bits per heavy atom. The van der Waals surface area contributed by atoms with E-state index in [4.69, 9.17) is 10.5 Å². The molecule has 7 heteroatoms. The number of amidine groups is 1. The lowest BCUT2D eigenvalue weighted by Crippen LogP contribution is -2.31. The predicted molar refractivity (Wildman–Crippen MR) is 100 cm³/mol. The van der Waals surface area contributed by atoms with Gasteiger partial charge >= 0.3 is 0 Å². The minimum atomic E-state index is -0.397. The normalized spacial score (nSPS) is 22.4. The van der Waals surface area contributed by atoms with Crippen LogP contribution in [0.25, 0.3) is 5.70 Å². The quantitative estimate of drug-likeness (QED) is 0.778. The molecular weight excluding hydrogens is 333 g/mol. The molecule has 1 aliphatic carbocycles. The highest BCUT2D eigenvalue weighted by atomic mass is 19.1. The Hall–Kier alpha value is -2.83. The lowest BCUT2D eigenvalue weighted by Gasteiger charge is -2.29. The minimum absolute atomic E-state index is 0.103. The molecule has 1 aromatic rings. The maximum Gasteiger partial charge on any atom is 0.218 e. The number of benzene rings is 1. The SMILES string of the molecule is CC1N=C(Oc2c(C3CCC3)ccc(C3=CN=C(N)CN3)c2F)C=CN1. The lowest BCUT2D eigenvalue weighted by molar-refractivity contribution is 0.396. The van der Waals surface area contributed by atoms with E-state index in [-0.39, 0.29) is 11.9 Å². The van der Waals surface area contributed by atoms with Crippen LogP contribution in [0.2, 0.25) is 0 Å². The van der Waals surface area contributed by atoms with Crippen molar-refractivity contribution in [1.82, 2.24) is 10.6 Å². The molecule has 0 amide bonds. The molecule has 4 rings (SSSR count). The molecule has 4 N–H and O–H groups in total. The highest BCUT2D eigenvalue weighted by Crippen LogP contribution is 2.43. The van der Waals surface area contributed by atoms with E-state index in [0.29, 0.717) is 35.5 Å². The first-order chi connectivity index (χ1) is 12.6. The van der Waals surface area contributed by atoms with E-state index in [1.54, 1.807) is 24.5 Å². The van der Waals surface area contributed by atoms with Crippen molar-refractivity contribution < 1.29 is 9.13 Å². The van der Waals surface area contributed by atoms with Gasteiger partial charge in [-0.25, -0.2) is 14.4 Å². The van der Waals surface area contributed by atoms with Gasteiger partial charge in [0.2, 0.25) is 5.90 Å². The van der Waals surface area contributed by atoms with Crippen molar-refractivity contribution in [1.29, 1.82) is 0 Å². The van der Waals surface area contributed by atoms with Gasteiger partial charge in [0, 0.05) is 23.4 Å². The standard InChI is InChI=1S/C19H22FN5O/c1-11-22-8-7-17(25-11)26-19-13(12-3-2-4-12)5-6-14(18(19)20)15-9-24-16(21)10-23-15/h5-9,11-12,22-23H,2-4,10H2,1H3,(H2,21,24). The van der Waals surface area contributed by atoms with Crippen LogP contribution in [0.3, 0.4) is 0 Å². The van der Waals surface area contributed by atoms with Gasteiger partial charge in [-0.2, -0.15) is 0 Å². The number of ether oxygens (including phenoxy) is 1. The van der Waals surface area contributed by atoms with Crippen molar-refractivity contribution in [3.05, 3.63) is 47.6 Å². The van der Waals surface area contributed by atoms with Crippen LogP contribution < -0.4 is 21.1 Å². The first kappa shape index (κ1) is 16.6. The number of nitrogens with one attached hydrogen (secondary N) is 2. The molecular formula is C19H22FN5O. The monoisotopic (exact) mass is 355 g/mol. The first-order valence-corrected chi connectivity index (χ1v) is 8.89. The zero-order valence-corrected chi connectivity index (χ0v) is 14.6. The summed E-state index contributed by atoms with van der Waals surface area (Å²) in [5, 5.41) is 6.15. The van der Waals surface area contributed by atoms with E-state index >= 15 is 4.39 Å². The zero-order valence-electron chi connectivity index (χ0n) is 14.6. The van der Waals surface area contributed by atoms with Crippen LogP contribution in [0.4, 0.5) is 4.39 Å². The summed E-state index contributed by atoms with van der Waals surface area (Å²) >= 11 is 0. The molecule has 0 aromatic heterocycles. The first-order valence-electron chi connectivity index (χ1n) is 8.89. The van der Waals surface area contributed by atoms with E-state index < -0.39 is 5.82 Å². The summed E-state index contributed by atoms with van der Waals surface area (Å²) in [7, 11) is 0. The maximum absolute atomic E-state index is 15.4. The summed E-state index contributed by atoms with van der Waals surface area (Å²) in [5.41, 5.74) is 7.58. The van der Waals surface area contributed by atoms with Crippen LogP contribution in [-0.4, -0.2) is 24.4 Å². The average molecular weight is 355 g/mol. The molecule has 2 heterocycles. The Morgan fingerprint density at radius 2 is 2.15 bits per heavy atom. The smallest absolute Gasteiger partial charge is 0.218 e. The molecule has 0 spiro atoms. The van der Waals surface area contributed by atoms with Crippen LogP contribution >= 0.6 is 0 Å². The minimum Gasteiger partial charge on any atom is -0.436 e. The van der Waals surface area contributed by atoms with Crippen LogP contribution in [0.1, 0.15) is 43.2 Å². The fourth-order valence-corrected chi connectivity index (χ4v) is 3.21. The van der Waals surface area contributed by atoms with Gasteiger partial charge in [0.05, 0.1) is 18.4 Å². The van der Waals surface area contributed by atoms with Crippen molar-refractivity contribution in [3.63, 3.8) is 0 Å². The summed E-state index contributed by atoms with van der Waals surface area (Å²) < 4.78 is 21.3. The largest absolute Gasteiger partial charge is 0.436 e. The molecule has 136 valence electrons. The highest BCUT2D eigenvalue weighted by molar-refractivity contribution is 5.91. The second-order valence-electron chi connectivity index (χ2n) is 6.74. The maximum atomic E-state index is 15.4. The zero-order chi connectivity index (χ0) is 18.1. The van der Waals surface area contributed by atoms with E-state index in [1.165, 1.54) is 0 Å². The van der Waals surface area contributed by atoms with Crippen molar-refractivity contribution in [2.24, 2.45) is 15.7 Å². The molecule has 1 aromatic carbocycles. The fraction of sp³-hybridized carbons (Fsp3) is 0.368. The number of hydrogen-bond donors (Lipinski definition) is 3. The lowest BCUT2D eigenvalue weighted by atomic mass is 9.79. The van der Waals surface area contributed by atoms with Gasteiger partial charge in [0.1, 0.15) is 12.0 Å². The van der Waals surface area contributed by atoms with Crippen LogP contribution in [0.15, 0.2) is 40.6 Å². The second-order valence-corrected chi connectivity index (χ2v) is 6.74. The Bertz CT molecular complexity index is 839. The molecule has 2 aliphatic heterocycles. The van der Waals surface area contributed by atoms with Crippen LogP contribution in [0.5, 0.6) is 5.75 Å². The Labute approximate surface area is 151 Å². The van der Waals surface area contributed by atoms with Gasteiger partial charge in [0.25, 0.3) is 0 Å². The molecule has 6 nitrogen and oxygen atoms in total. The summed E-state index contributed by atoms with van der Waals surface area (Å²) in [6, 6.07) is 3.74. The van der Waals surface area contributed by atoms with Crippen LogP contribution in [0, 0.1) is 5.82 Å². The third-order valence-corrected chi connectivity index (χ3v) is 4.87. The van der Waals surface area contributed by atoms with E-state index in [9.17, 15) is 0 Å². The average Bonchev–Trinajstić information content (AvgIpc) is 2.58. The van der Waals surface area contributed by atoms with E-state index in [1.807, 2.05) is 13.0 Å². The van der Waals surface area contributed by atoms with Crippen molar-refractivity contribution in [3.8, 4) is 5.75 Å². The molecule has 1 fully saturated rings. The van der Waals surface area contributed by atoms with Crippen molar-refractivity contribution in [2.75, 3.05) is 6.54 Å². The van der Waals surface area contributed by atoms with Crippen molar-refractivity contribution >= 4 is 17.4 Å². The molecule has 0 bridgehead atoms. The summed E-state index contributed by atoms with van der Waals surface area (Å²) in [5.74, 6) is 1.07. The number of aliphatic imine (C=N–C) groups is 2. The van der Waals surface area contributed by atoms with Crippen molar-refractivity contribution in [2.45, 2.75) is 38.3 Å². The third-order valence-electron chi connectivity index (χ3n) is 4.87. The number of rotatable bonds is 3. The molecule has 0 saturated heterocycles. The van der Waals surface area contributed by atoms with Gasteiger partial charge in [-0.3, -0.25) is 0 Å². The fourth-order valence-electron chi connectivity index (χ4n) is 3.21. The number of nitrogens with two attached hydrogens (primary N) is 1. The van der Waals surface area contributed by atoms with E-state index in [2.05, 4.69) is 20.6 Å². The number of hydrogen-bond acceptors (Lipinski definition) is 6. The van der Waals surface area contributed by atoms with Crippen LogP contribution in [-0.2, 0) is 0 Å². The molecule has 3 aliphatic rings. The number of nitrogens with zero attached hydrogens (tertiary/aromatic N) is 2.